The van der Waals surface area contributed by atoms with Crippen molar-refractivity contribution >= 4 is 21.7 Å². The second kappa shape index (κ2) is 6.44. The number of methoxy groups -OCH3 is 1. The zero-order valence-electron chi connectivity index (χ0n) is 11.0. The van der Waals surface area contributed by atoms with Crippen LogP contribution in [-0.2, 0) is 19.6 Å². The molecule has 110 valence electrons. The lowest BCUT2D eigenvalue weighted by molar-refractivity contribution is -0.385. The van der Waals surface area contributed by atoms with E-state index in [0.29, 0.717) is 5.56 Å². The van der Waals surface area contributed by atoms with Crippen LogP contribution in [0.25, 0.3) is 0 Å². The molecule has 0 bridgehead atoms. The number of hydrogen-bond donors (Lipinski definition) is 1. The number of carbonyl (C=O) groups excluding carboxylic acids is 1. The lowest BCUT2D eigenvalue weighted by Gasteiger charge is -2.06. The Morgan fingerprint density at radius 1 is 1.45 bits per heavy atom. The van der Waals surface area contributed by atoms with Gasteiger partial charge < -0.3 is 4.74 Å². The van der Waals surface area contributed by atoms with Gasteiger partial charge >= 0.3 is 5.97 Å². The molecule has 9 heteroatoms. The maximum Gasteiger partial charge on any atom is 0.306 e. The minimum Gasteiger partial charge on any atom is -0.469 e. The summed E-state index contributed by atoms with van der Waals surface area (Å²) >= 11 is 0. The van der Waals surface area contributed by atoms with Gasteiger partial charge in [0.1, 0.15) is 0 Å². The summed E-state index contributed by atoms with van der Waals surface area (Å²) in [4.78, 5) is 20.8. The molecule has 0 heterocycles. The third-order valence-corrected chi connectivity index (χ3v) is 4.00. The van der Waals surface area contributed by atoms with Crippen molar-refractivity contribution in [2.24, 2.45) is 0 Å². The smallest absolute Gasteiger partial charge is 0.306 e. The zero-order chi connectivity index (χ0) is 15.3. The number of sulfonamides is 1. The van der Waals surface area contributed by atoms with Gasteiger partial charge in [0.15, 0.2) is 0 Å². The Labute approximate surface area is 115 Å². The first kappa shape index (κ1) is 16.1. The largest absolute Gasteiger partial charge is 0.469 e. The van der Waals surface area contributed by atoms with Gasteiger partial charge in [-0.25, -0.2) is 13.1 Å². The van der Waals surface area contributed by atoms with Gasteiger partial charge in [0, 0.05) is 18.2 Å². The molecule has 1 aromatic rings. The molecule has 0 atom stereocenters. The summed E-state index contributed by atoms with van der Waals surface area (Å²) in [7, 11) is -2.70. The number of hydrogen-bond acceptors (Lipinski definition) is 6. The Balaban J connectivity index is 2.90. The Hall–Kier alpha value is -2.00. The number of benzene rings is 1. The molecule has 1 N–H and O–H groups in total. The molecule has 0 unspecified atom stereocenters. The first-order valence-electron chi connectivity index (χ1n) is 5.59. The Kier molecular flexibility index (Phi) is 5.17. The molecular formula is C11H14N2O6S. The zero-order valence-corrected chi connectivity index (χ0v) is 11.8. The topological polar surface area (TPSA) is 116 Å². The highest BCUT2D eigenvalue weighted by atomic mass is 32.2. The summed E-state index contributed by atoms with van der Waals surface area (Å²) in [5.74, 6) is -0.553. The quantitative estimate of drug-likeness (QED) is 0.471. The molecule has 0 saturated heterocycles. The van der Waals surface area contributed by atoms with E-state index in [-0.39, 0.29) is 23.5 Å². The average molecular weight is 302 g/mol. The maximum absolute atomic E-state index is 11.9. The maximum atomic E-state index is 11.9. The second-order valence-corrected chi connectivity index (χ2v) is 5.70. The molecule has 0 spiro atoms. The van der Waals surface area contributed by atoms with Crippen LogP contribution >= 0.6 is 0 Å². The molecule has 1 aromatic carbocycles. The molecule has 0 radical (unpaired) electrons. The fraction of sp³-hybridized carbons (Fsp3) is 0.364. The van der Waals surface area contributed by atoms with E-state index in [4.69, 9.17) is 0 Å². The van der Waals surface area contributed by atoms with Crippen molar-refractivity contribution in [1.29, 1.82) is 0 Å². The van der Waals surface area contributed by atoms with Crippen LogP contribution in [0.1, 0.15) is 12.0 Å². The molecule has 0 aliphatic carbocycles. The number of nitro benzene ring substituents is 1. The van der Waals surface area contributed by atoms with Crippen molar-refractivity contribution in [2.75, 3.05) is 13.7 Å². The highest BCUT2D eigenvalue weighted by Gasteiger charge is 2.19. The van der Waals surface area contributed by atoms with E-state index < -0.39 is 20.9 Å². The van der Waals surface area contributed by atoms with Gasteiger partial charge in [0.05, 0.1) is 23.3 Å². The molecule has 0 fully saturated rings. The van der Waals surface area contributed by atoms with E-state index in [1.165, 1.54) is 26.2 Å². The van der Waals surface area contributed by atoms with E-state index >= 15 is 0 Å². The number of nitrogens with zero attached hydrogens (tertiary/aromatic N) is 1. The number of nitro groups is 1. The van der Waals surface area contributed by atoms with Crippen molar-refractivity contribution in [3.8, 4) is 0 Å². The van der Waals surface area contributed by atoms with Gasteiger partial charge in [-0.05, 0) is 13.0 Å². The summed E-state index contributed by atoms with van der Waals surface area (Å²) < 4.78 is 30.4. The number of carbonyl (C=O) groups is 1. The monoisotopic (exact) mass is 302 g/mol. The summed E-state index contributed by atoms with van der Waals surface area (Å²) in [6.45, 7) is 1.37. The molecule has 0 aliphatic rings. The lowest BCUT2D eigenvalue weighted by atomic mass is 10.2. The average Bonchev–Trinajstić information content (AvgIpc) is 2.38. The van der Waals surface area contributed by atoms with Crippen molar-refractivity contribution in [1.82, 2.24) is 4.72 Å². The SMILES string of the molecule is COC(=O)CCNS(=O)(=O)c1ccc(C)c([N+](=O)[O-])c1. The first-order chi connectivity index (χ1) is 9.27. The fourth-order valence-corrected chi connectivity index (χ4v) is 2.48. The molecule has 1 rings (SSSR count). The molecule has 0 saturated carbocycles. The van der Waals surface area contributed by atoms with E-state index in [9.17, 15) is 23.3 Å². The Bertz CT molecular complexity index is 626. The van der Waals surface area contributed by atoms with Gasteiger partial charge in [-0.3, -0.25) is 14.9 Å². The molecule has 8 nitrogen and oxygen atoms in total. The molecule has 0 amide bonds. The van der Waals surface area contributed by atoms with E-state index in [0.717, 1.165) is 6.07 Å². The fourth-order valence-electron chi connectivity index (χ4n) is 1.43. The van der Waals surface area contributed by atoms with Gasteiger partial charge in [0.25, 0.3) is 5.69 Å². The summed E-state index contributed by atoms with van der Waals surface area (Å²) in [5.41, 5.74) is 0.0874. The van der Waals surface area contributed by atoms with Gasteiger partial charge in [-0.2, -0.15) is 0 Å². The second-order valence-electron chi connectivity index (χ2n) is 3.93. The van der Waals surface area contributed by atoms with Crippen LogP contribution in [0.3, 0.4) is 0 Å². The predicted molar refractivity (Wildman–Crippen MR) is 69.7 cm³/mol. The first-order valence-corrected chi connectivity index (χ1v) is 7.08. The highest BCUT2D eigenvalue weighted by Crippen LogP contribution is 2.21. The minimum absolute atomic E-state index is 0.121. The number of ether oxygens (including phenoxy) is 1. The minimum atomic E-state index is -3.90. The van der Waals surface area contributed by atoms with Crippen molar-refractivity contribution in [3.05, 3.63) is 33.9 Å². The Morgan fingerprint density at radius 3 is 2.65 bits per heavy atom. The number of aryl methyl sites for hydroxylation is 1. The van der Waals surface area contributed by atoms with E-state index in [1.54, 1.807) is 0 Å². The summed E-state index contributed by atoms with van der Waals surface area (Å²) in [6.07, 6.45) is -0.121. The molecule has 0 aromatic heterocycles. The van der Waals surface area contributed by atoms with Gasteiger partial charge in [-0.1, -0.05) is 6.07 Å². The van der Waals surface area contributed by atoms with Crippen LogP contribution in [0.2, 0.25) is 0 Å². The van der Waals surface area contributed by atoms with Gasteiger partial charge in [-0.15, -0.1) is 0 Å². The van der Waals surface area contributed by atoms with E-state index in [1.807, 2.05) is 0 Å². The number of esters is 1. The lowest BCUT2D eigenvalue weighted by Crippen LogP contribution is -2.26. The molecule has 20 heavy (non-hydrogen) atoms. The van der Waals surface area contributed by atoms with Crippen LogP contribution in [0.15, 0.2) is 23.1 Å². The molecule has 0 aliphatic heterocycles. The summed E-state index contributed by atoms with van der Waals surface area (Å²) in [5, 5.41) is 10.8. The van der Waals surface area contributed by atoms with Crippen LogP contribution in [-0.4, -0.2) is 33.0 Å². The van der Waals surface area contributed by atoms with Crippen LogP contribution in [0.5, 0.6) is 0 Å². The van der Waals surface area contributed by atoms with Crippen molar-refractivity contribution in [3.63, 3.8) is 0 Å². The number of nitrogens with one attached hydrogen (secondary N) is 1. The highest BCUT2D eigenvalue weighted by molar-refractivity contribution is 7.89. The van der Waals surface area contributed by atoms with Crippen LogP contribution in [0.4, 0.5) is 5.69 Å². The van der Waals surface area contributed by atoms with E-state index in [2.05, 4.69) is 9.46 Å². The molecular weight excluding hydrogens is 288 g/mol. The predicted octanol–water partition coefficient (Wildman–Crippen LogP) is 0.745. The van der Waals surface area contributed by atoms with Crippen LogP contribution < -0.4 is 4.72 Å². The normalized spacial score (nSPS) is 11.1. The third-order valence-electron chi connectivity index (χ3n) is 2.54. The van der Waals surface area contributed by atoms with Crippen molar-refractivity contribution in [2.45, 2.75) is 18.2 Å². The van der Waals surface area contributed by atoms with Gasteiger partial charge in [0.2, 0.25) is 10.0 Å². The Morgan fingerprint density at radius 2 is 2.10 bits per heavy atom. The third kappa shape index (κ3) is 4.00. The standard InChI is InChI=1S/C11H14N2O6S/c1-8-3-4-9(7-10(8)13(15)16)20(17,18)12-6-5-11(14)19-2/h3-4,7,12H,5-6H2,1-2H3. The van der Waals surface area contributed by atoms with Crippen LogP contribution in [0, 0.1) is 17.0 Å². The summed E-state index contributed by atoms with van der Waals surface area (Å²) in [6, 6.07) is 3.60. The number of rotatable bonds is 6. The van der Waals surface area contributed by atoms with Crippen molar-refractivity contribution < 1.29 is 22.9 Å².